The highest BCUT2D eigenvalue weighted by Gasteiger charge is 2.38. The van der Waals surface area contributed by atoms with Crippen LogP contribution in [0, 0.1) is 5.92 Å². The van der Waals surface area contributed by atoms with Crippen molar-refractivity contribution >= 4 is 0 Å². The average Bonchev–Trinajstić information content (AvgIpc) is 2.75. The molecule has 13 heavy (non-hydrogen) atoms. The van der Waals surface area contributed by atoms with Gasteiger partial charge in [-0.25, -0.2) is 4.98 Å². The summed E-state index contributed by atoms with van der Waals surface area (Å²) in [6.07, 6.45) is 7.41. The van der Waals surface area contributed by atoms with Crippen LogP contribution in [0.5, 0.6) is 0 Å². The summed E-state index contributed by atoms with van der Waals surface area (Å²) in [4.78, 5) is 4.05. The molecular weight excluding hydrogens is 164 g/mol. The Morgan fingerprint density at radius 1 is 1.69 bits per heavy atom. The molecule has 1 aromatic rings. The monoisotopic (exact) mass is 180 g/mol. The third kappa shape index (κ3) is 1.61. The summed E-state index contributed by atoms with van der Waals surface area (Å²) in [5.41, 5.74) is 0.948. The summed E-state index contributed by atoms with van der Waals surface area (Å²) in [6.45, 7) is 2.32. The van der Waals surface area contributed by atoms with Crippen LogP contribution < -0.4 is 0 Å². The molecule has 1 aliphatic carbocycles. The number of aliphatic hydroxyl groups is 1. The van der Waals surface area contributed by atoms with Crippen molar-refractivity contribution in [3.8, 4) is 0 Å². The van der Waals surface area contributed by atoms with Gasteiger partial charge in [0.2, 0.25) is 0 Å². The first-order valence-electron chi connectivity index (χ1n) is 4.98. The maximum absolute atomic E-state index is 9.04. The Kier molecular flexibility index (Phi) is 2.36. The minimum atomic E-state index is 0.106. The Bertz CT molecular complexity index is 282. The fourth-order valence-electron chi connectivity index (χ4n) is 2.01. The number of nitrogens with zero attached hydrogens (tertiary/aromatic N) is 2. The number of imidazole rings is 1. The molecule has 0 saturated heterocycles. The molecule has 2 atom stereocenters. The second-order valence-corrected chi connectivity index (χ2v) is 3.80. The Morgan fingerprint density at radius 2 is 2.54 bits per heavy atom. The molecule has 0 radical (unpaired) electrons. The number of aliphatic hydroxyl groups excluding tert-OH is 1. The maximum Gasteiger partial charge on any atom is 0.0951 e. The zero-order valence-electron chi connectivity index (χ0n) is 7.98. The molecule has 0 spiro atoms. The zero-order valence-corrected chi connectivity index (χ0v) is 7.98. The number of rotatable bonds is 4. The van der Waals surface area contributed by atoms with Gasteiger partial charge in [-0.05, 0) is 18.8 Å². The second-order valence-electron chi connectivity index (χ2n) is 3.80. The third-order valence-corrected chi connectivity index (χ3v) is 2.81. The molecule has 1 saturated carbocycles. The largest absolute Gasteiger partial charge is 0.390 e. The molecule has 1 heterocycles. The molecule has 3 heteroatoms. The van der Waals surface area contributed by atoms with Gasteiger partial charge in [0.05, 0.1) is 24.8 Å². The van der Waals surface area contributed by atoms with Crippen molar-refractivity contribution in [2.75, 3.05) is 0 Å². The molecule has 0 amide bonds. The van der Waals surface area contributed by atoms with Gasteiger partial charge < -0.3 is 9.67 Å². The van der Waals surface area contributed by atoms with Crippen molar-refractivity contribution in [3.05, 3.63) is 18.2 Å². The summed E-state index contributed by atoms with van der Waals surface area (Å²) >= 11 is 0. The molecule has 1 aromatic heterocycles. The highest BCUT2D eigenvalue weighted by molar-refractivity contribution is 5.04. The lowest BCUT2D eigenvalue weighted by molar-refractivity contribution is 0.270. The van der Waals surface area contributed by atoms with Gasteiger partial charge in [0.25, 0.3) is 0 Å². The van der Waals surface area contributed by atoms with Gasteiger partial charge in [0.15, 0.2) is 0 Å². The van der Waals surface area contributed by atoms with Crippen LogP contribution >= 0.6 is 0 Å². The standard InChI is InChI=1S/C10H16N2O/c1-2-3-8-4-10(8)12-7-11-5-9(12)6-13/h5,7-8,10,13H,2-4,6H2,1H3. The normalized spacial score (nSPS) is 26.3. The van der Waals surface area contributed by atoms with Gasteiger partial charge in [-0.15, -0.1) is 0 Å². The number of hydrogen-bond donors (Lipinski definition) is 1. The predicted octanol–water partition coefficient (Wildman–Crippen LogP) is 1.74. The van der Waals surface area contributed by atoms with Crippen molar-refractivity contribution < 1.29 is 5.11 Å². The van der Waals surface area contributed by atoms with Crippen LogP contribution in [0.3, 0.4) is 0 Å². The molecule has 3 nitrogen and oxygen atoms in total. The summed E-state index contributed by atoms with van der Waals surface area (Å²) in [5, 5.41) is 9.04. The molecule has 0 bridgehead atoms. The van der Waals surface area contributed by atoms with Gasteiger partial charge in [-0.1, -0.05) is 13.3 Å². The highest BCUT2D eigenvalue weighted by Crippen LogP contribution is 2.46. The molecule has 1 aliphatic rings. The van der Waals surface area contributed by atoms with Gasteiger partial charge in [-0.3, -0.25) is 0 Å². The predicted molar refractivity (Wildman–Crippen MR) is 50.2 cm³/mol. The summed E-state index contributed by atoms with van der Waals surface area (Å²) < 4.78 is 2.13. The van der Waals surface area contributed by atoms with Crippen LogP contribution in [0.25, 0.3) is 0 Å². The highest BCUT2D eigenvalue weighted by atomic mass is 16.3. The molecule has 0 aromatic carbocycles. The maximum atomic E-state index is 9.04. The van der Waals surface area contributed by atoms with Crippen LogP contribution in [0.2, 0.25) is 0 Å². The van der Waals surface area contributed by atoms with E-state index in [4.69, 9.17) is 5.11 Å². The van der Waals surface area contributed by atoms with Gasteiger partial charge in [0, 0.05) is 6.04 Å². The zero-order chi connectivity index (χ0) is 9.26. The first-order valence-corrected chi connectivity index (χ1v) is 4.98. The van der Waals surface area contributed by atoms with Crippen LogP contribution in [0.1, 0.15) is 37.9 Å². The van der Waals surface area contributed by atoms with Crippen molar-refractivity contribution in [1.29, 1.82) is 0 Å². The van der Waals surface area contributed by atoms with Crippen LogP contribution in [0.15, 0.2) is 12.5 Å². The fraction of sp³-hybridized carbons (Fsp3) is 0.700. The van der Waals surface area contributed by atoms with E-state index < -0.39 is 0 Å². The van der Waals surface area contributed by atoms with Crippen LogP contribution in [0.4, 0.5) is 0 Å². The molecular formula is C10H16N2O. The number of hydrogen-bond acceptors (Lipinski definition) is 2. The Hall–Kier alpha value is -0.830. The lowest BCUT2D eigenvalue weighted by atomic mass is 10.2. The summed E-state index contributed by atoms with van der Waals surface area (Å²) in [7, 11) is 0. The van der Waals surface area contributed by atoms with E-state index in [1.54, 1.807) is 6.20 Å². The smallest absolute Gasteiger partial charge is 0.0951 e. The van der Waals surface area contributed by atoms with E-state index in [0.717, 1.165) is 11.6 Å². The van der Waals surface area contributed by atoms with E-state index in [1.807, 2.05) is 6.33 Å². The first-order chi connectivity index (χ1) is 6.36. The lowest BCUT2D eigenvalue weighted by Crippen LogP contribution is -2.00. The molecule has 72 valence electrons. The molecule has 1 N–H and O–H groups in total. The lowest BCUT2D eigenvalue weighted by Gasteiger charge is -2.04. The third-order valence-electron chi connectivity index (χ3n) is 2.81. The summed E-state index contributed by atoms with van der Waals surface area (Å²) in [6, 6.07) is 0.615. The molecule has 2 unspecified atom stereocenters. The van der Waals surface area contributed by atoms with E-state index in [0.29, 0.717) is 6.04 Å². The van der Waals surface area contributed by atoms with Crippen molar-refractivity contribution in [2.24, 2.45) is 5.92 Å². The van der Waals surface area contributed by atoms with Crippen LogP contribution in [-0.2, 0) is 6.61 Å². The summed E-state index contributed by atoms with van der Waals surface area (Å²) in [5.74, 6) is 0.824. The molecule has 0 aliphatic heterocycles. The van der Waals surface area contributed by atoms with Gasteiger partial charge >= 0.3 is 0 Å². The molecule has 2 rings (SSSR count). The second kappa shape index (κ2) is 3.50. The Balaban J connectivity index is 2.02. The Morgan fingerprint density at radius 3 is 3.23 bits per heavy atom. The first kappa shape index (κ1) is 8.75. The fourth-order valence-corrected chi connectivity index (χ4v) is 2.01. The minimum absolute atomic E-state index is 0.106. The van der Waals surface area contributed by atoms with E-state index in [-0.39, 0.29) is 6.61 Å². The van der Waals surface area contributed by atoms with Gasteiger partial charge in [-0.2, -0.15) is 0 Å². The topological polar surface area (TPSA) is 38.0 Å². The quantitative estimate of drug-likeness (QED) is 0.766. The van der Waals surface area contributed by atoms with E-state index in [2.05, 4.69) is 16.5 Å². The molecule has 1 fully saturated rings. The van der Waals surface area contributed by atoms with E-state index in [1.165, 1.54) is 19.3 Å². The average molecular weight is 180 g/mol. The van der Waals surface area contributed by atoms with E-state index >= 15 is 0 Å². The van der Waals surface area contributed by atoms with Crippen molar-refractivity contribution in [3.63, 3.8) is 0 Å². The van der Waals surface area contributed by atoms with Crippen LogP contribution in [-0.4, -0.2) is 14.7 Å². The van der Waals surface area contributed by atoms with E-state index in [9.17, 15) is 0 Å². The van der Waals surface area contributed by atoms with Gasteiger partial charge in [0.1, 0.15) is 0 Å². The minimum Gasteiger partial charge on any atom is -0.390 e. The van der Waals surface area contributed by atoms with Crippen molar-refractivity contribution in [1.82, 2.24) is 9.55 Å². The number of aromatic nitrogens is 2. The SMILES string of the molecule is CCCC1CC1n1cncc1CO. The Labute approximate surface area is 78.4 Å². The van der Waals surface area contributed by atoms with Crippen molar-refractivity contribution in [2.45, 2.75) is 38.8 Å².